The number of aryl methyl sites for hydroxylation is 3. The summed E-state index contributed by atoms with van der Waals surface area (Å²) in [7, 11) is 0. The molecule has 1 aromatic heterocycles. The molecule has 2 heterocycles. The Balaban J connectivity index is 1.86. The summed E-state index contributed by atoms with van der Waals surface area (Å²) in [6, 6.07) is 8.62. The van der Waals surface area contributed by atoms with Crippen molar-refractivity contribution in [2.24, 2.45) is 0 Å². The Hall–Kier alpha value is -2.14. The maximum Gasteiger partial charge on any atom is 0.240 e. The molecule has 1 amide bonds. The van der Waals surface area contributed by atoms with E-state index in [4.69, 9.17) is 16.6 Å². The number of hydrogen-bond donors (Lipinski definition) is 0. The van der Waals surface area contributed by atoms with Crippen LogP contribution in [0.15, 0.2) is 24.3 Å². The van der Waals surface area contributed by atoms with E-state index in [-0.39, 0.29) is 5.91 Å². The van der Waals surface area contributed by atoms with Crippen molar-refractivity contribution >= 4 is 23.3 Å². The standard InChI is InChI=1S/C22H29ClN4O/c1-15-6-8-19(9-7-15)14-20-17(3)24-18(4)25-21(20)26-10-5-11-27(13-12-26)22(28)16(2)23/h6-9,16H,5,10-14H2,1-4H3. The Labute approximate surface area is 172 Å². The number of amides is 1. The zero-order chi connectivity index (χ0) is 20.3. The van der Waals surface area contributed by atoms with Crippen molar-refractivity contribution in [1.29, 1.82) is 0 Å². The smallest absolute Gasteiger partial charge is 0.240 e. The largest absolute Gasteiger partial charge is 0.354 e. The monoisotopic (exact) mass is 400 g/mol. The molecule has 3 rings (SSSR count). The van der Waals surface area contributed by atoms with Crippen molar-refractivity contribution < 1.29 is 4.79 Å². The predicted octanol–water partition coefficient (Wildman–Crippen LogP) is 3.66. The van der Waals surface area contributed by atoms with E-state index in [9.17, 15) is 4.79 Å². The molecule has 0 saturated carbocycles. The molecule has 1 aliphatic rings. The highest BCUT2D eigenvalue weighted by molar-refractivity contribution is 6.30. The van der Waals surface area contributed by atoms with Gasteiger partial charge >= 0.3 is 0 Å². The van der Waals surface area contributed by atoms with E-state index in [2.05, 4.69) is 48.0 Å². The summed E-state index contributed by atoms with van der Waals surface area (Å²) >= 11 is 6.01. The van der Waals surface area contributed by atoms with E-state index in [0.717, 1.165) is 49.8 Å². The number of hydrogen-bond acceptors (Lipinski definition) is 4. The van der Waals surface area contributed by atoms with Gasteiger partial charge in [-0.1, -0.05) is 29.8 Å². The van der Waals surface area contributed by atoms with Crippen LogP contribution in [0.1, 0.15) is 41.6 Å². The first-order valence-electron chi connectivity index (χ1n) is 9.92. The molecule has 150 valence electrons. The molecule has 2 aromatic rings. The van der Waals surface area contributed by atoms with Crippen molar-refractivity contribution in [1.82, 2.24) is 14.9 Å². The van der Waals surface area contributed by atoms with Crippen molar-refractivity contribution in [2.75, 3.05) is 31.1 Å². The van der Waals surface area contributed by atoms with Gasteiger partial charge in [0, 0.05) is 43.9 Å². The molecule has 1 unspecified atom stereocenters. The van der Waals surface area contributed by atoms with Crippen LogP contribution in [-0.2, 0) is 11.2 Å². The Bertz CT molecular complexity index is 835. The SMILES string of the molecule is Cc1ccc(Cc2c(C)nc(C)nc2N2CCCN(C(=O)C(C)Cl)CC2)cc1. The minimum Gasteiger partial charge on any atom is -0.354 e. The molecule has 1 saturated heterocycles. The van der Waals surface area contributed by atoms with Crippen LogP contribution < -0.4 is 4.90 Å². The normalized spacial score (nSPS) is 16.0. The van der Waals surface area contributed by atoms with Crippen LogP contribution in [0.3, 0.4) is 0 Å². The van der Waals surface area contributed by atoms with Crippen LogP contribution in [0.4, 0.5) is 5.82 Å². The fourth-order valence-electron chi connectivity index (χ4n) is 3.70. The molecule has 1 aromatic carbocycles. The van der Waals surface area contributed by atoms with Gasteiger partial charge < -0.3 is 9.80 Å². The van der Waals surface area contributed by atoms with Crippen molar-refractivity contribution in [2.45, 2.75) is 45.9 Å². The van der Waals surface area contributed by atoms with Gasteiger partial charge in [-0.25, -0.2) is 9.97 Å². The molecular weight excluding hydrogens is 372 g/mol. The Morgan fingerprint density at radius 2 is 1.79 bits per heavy atom. The predicted molar refractivity (Wildman–Crippen MR) is 114 cm³/mol. The number of carbonyl (C=O) groups is 1. The zero-order valence-electron chi connectivity index (χ0n) is 17.2. The lowest BCUT2D eigenvalue weighted by atomic mass is 10.0. The van der Waals surface area contributed by atoms with E-state index in [0.29, 0.717) is 6.54 Å². The Morgan fingerprint density at radius 1 is 1.07 bits per heavy atom. The second kappa shape index (κ2) is 8.91. The highest BCUT2D eigenvalue weighted by Gasteiger charge is 2.24. The number of aromatic nitrogens is 2. The molecule has 0 N–H and O–H groups in total. The van der Waals surface area contributed by atoms with E-state index < -0.39 is 5.38 Å². The van der Waals surface area contributed by atoms with Gasteiger partial charge in [-0.2, -0.15) is 0 Å². The molecule has 1 aliphatic heterocycles. The second-order valence-electron chi connectivity index (χ2n) is 7.60. The van der Waals surface area contributed by atoms with Gasteiger partial charge in [0.2, 0.25) is 5.91 Å². The van der Waals surface area contributed by atoms with Crippen molar-refractivity contribution in [3.05, 3.63) is 52.5 Å². The molecule has 0 bridgehead atoms. The number of nitrogens with zero attached hydrogens (tertiary/aromatic N) is 4. The molecule has 28 heavy (non-hydrogen) atoms. The third kappa shape index (κ3) is 4.82. The maximum absolute atomic E-state index is 12.3. The van der Waals surface area contributed by atoms with Gasteiger partial charge in [0.25, 0.3) is 0 Å². The van der Waals surface area contributed by atoms with Gasteiger partial charge in [0.1, 0.15) is 17.0 Å². The fraction of sp³-hybridized carbons (Fsp3) is 0.500. The molecule has 6 heteroatoms. The third-order valence-electron chi connectivity index (χ3n) is 5.25. The Morgan fingerprint density at radius 3 is 2.46 bits per heavy atom. The van der Waals surface area contributed by atoms with Crippen LogP contribution in [0.25, 0.3) is 0 Å². The van der Waals surface area contributed by atoms with Crippen molar-refractivity contribution in [3.63, 3.8) is 0 Å². The van der Waals surface area contributed by atoms with E-state index in [1.807, 2.05) is 11.8 Å². The lowest BCUT2D eigenvalue weighted by Crippen LogP contribution is -2.39. The van der Waals surface area contributed by atoms with Gasteiger partial charge in [-0.15, -0.1) is 11.6 Å². The van der Waals surface area contributed by atoms with E-state index in [1.54, 1.807) is 6.92 Å². The summed E-state index contributed by atoms with van der Waals surface area (Å²) in [5, 5.41) is -0.479. The fourth-order valence-corrected chi connectivity index (χ4v) is 3.84. The van der Waals surface area contributed by atoms with Gasteiger partial charge in [-0.05, 0) is 39.7 Å². The van der Waals surface area contributed by atoms with E-state index in [1.165, 1.54) is 16.7 Å². The van der Waals surface area contributed by atoms with Crippen LogP contribution in [0.5, 0.6) is 0 Å². The average molecular weight is 401 g/mol. The lowest BCUT2D eigenvalue weighted by Gasteiger charge is -2.26. The van der Waals surface area contributed by atoms with Crippen LogP contribution in [0, 0.1) is 20.8 Å². The number of anilines is 1. The number of benzene rings is 1. The Kier molecular flexibility index (Phi) is 6.55. The second-order valence-corrected chi connectivity index (χ2v) is 8.26. The summed E-state index contributed by atoms with van der Waals surface area (Å²) in [5.74, 6) is 1.80. The summed E-state index contributed by atoms with van der Waals surface area (Å²) < 4.78 is 0. The minimum atomic E-state index is -0.479. The van der Waals surface area contributed by atoms with Crippen LogP contribution in [0.2, 0.25) is 0 Å². The first-order chi connectivity index (χ1) is 13.3. The molecule has 0 radical (unpaired) electrons. The molecule has 0 aliphatic carbocycles. The summed E-state index contributed by atoms with van der Waals surface area (Å²) in [4.78, 5) is 25.9. The zero-order valence-corrected chi connectivity index (χ0v) is 18.0. The van der Waals surface area contributed by atoms with Gasteiger partial charge in [-0.3, -0.25) is 4.79 Å². The van der Waals surface area contributed by atoms with Gasteiger partial charge in [0.15, 0.2) is 0 Å². The first-order valence-corrected chi connectivity index (χ1v) is 10.4. The van der Waals surface area contributed by atoms with Crippen LogP contribution in [-0.4, -0.2) is 52.3 Å². The first kappa shape index (κ1) is 20.6. The molecule has 0 spiro atoms. The molecule has 1 fully saturated rings. The summed E-state index contributed by atoms with van der Waals surface area (Å²) in [6.45, 7) is 10.9. The van der Waals surface area contributed by atoms with E-state index >= 15 is 0 Å². The lowest BCUT2D eigenvalue weighted by molar-refractivity contribution is -0.130. The number of rotatable bonds is 4. The summed E-state index contributed by atoms with van der Waals surface area (Å²) in [6.07, 6.45) is 1.71. The molecule has 1 atom stereocenters. The molecular formula is C22H29ClN4O. The topological polar surface area (TPSA) is 49.3 Å². The summed E-state index contributed by atoms with van der Waals surface area (Å²) in [5.41, 5.74) is 4.70. The number of carbonyl (C=O) groups excluding carboxylic acids is 1. The number of alkyl halides is 1. The van der Waals surface area contributed by atoms with Crippen molar-refractivity contribution in [3.8, 4) is 0 Å². The average Bonchev–Trinajstić information content (AvgIpc) is 2.90. The minimum absolute atomic E-state index is 0.0124. The van der Waals surface area contributed by atoms with Crippen LogP contribution >= 0.6 is 11.6 Å². The number of halogens is 1. The molecule has 5 nitrogen and oxygen atoms in total. The van der Waals surface area contributed by atoms with Gasteiger partial charge in [0.05, 0.1) is 0 Å². The quantitative estimate of drug-likeness (QED) is 0.735. The maximum atomic E-state index is 12.3. The highest BCUT2D eigenvalue weighted by Crippen LogP contribution is 2.25. The third-order valence-corrected chi connectivity index (χ3v) is 5.44. The highest BCUT2D eigenvalue weighted by atomic mass is 35.5.